The third-order valence-electron chi connectivity index (χ3n) is 8.45. The van der Waals surface area contributed by atoms with E-state index < -0.39 is 20.5 Å². The Labute approximate surface area is 249 Å². The molecule has 0 aliphatic heterocycles. The molecule has 0 saturated heterocycles. The highest BCUT2D eigenvalue weighted by Crippen LogP contribution is 2.38. The van der Waals surface area contributed by atoms with Crippen LogP contribution in [0.1, 0.15) is 123 Å². The molecule has 0 bridgehead atoms. The molecule has 40 heavy (non-hydrogen) atoms. The second-order valence-electron chi connectivity index (χ2n) is 13.0. The molecule has 0 radical (unpaired) electrons. The van der Waals surface area contributed by atoms with Crippen molar-refractivity contribution in [2.75, 3.05) is 13.2 Å². The summed E-state index contributed by atoms with van der Waals surface area (Å²) in [6.07, 6.45) is 19.2. The van der Waals surface area contributed by atoms with Crippen molar-refractivity contribution in [3.05, 3.63) is 48.6 Å². The molecule has 5 heteroatoms. The summed E-state index contributed by atoms with van der Waals surface area (Å²) >= 11 is 0. The lowest BCUT2D eigenvalue weighted by molar-refractivity contribution is -0.127. The van der Waals surface area contributed by atoms with Gasteiger partial charge in [0.1, 0.15) is 12.2 Å². The average molecular weight is 577 g/mol. The zero-order chi connectivity index (χ0) is 29.7. The topological polar surface area (TPSA) is 47.9 Å². The third kappa shape index (κ3) is 15.9. The van der Waals surface area contributed by atoms with E-state index in [0.717, 1.165) is 18.4 Å². The van der Waals surface area contributed by atoms with Gasteiger partial charge in [-0.2, -0.15) is 0 Å². The van der Waals surface area contributed by atoms with Crippen molar-refractivity contribution in [1.82, 2.24) is 0 Å². The van der Waals surface area contributed by atoms with Crippen LogP contribution in [0.5, 0.6) is 0 Å². The van der Waals surface area contributed by atoms with E-state index in [-0.39, 0.29) is 17.7 Å². The molecule has 0 aromatic heterocycles. The van der Waals surface area contributed by atoms with Crippen LogP contribution < -0.4 is 0 Å². The Bertz CT molecular complexity index is 731. The summed E-state index contributed by atoms with van der Waals surface area (Å²) in [4.78, 5) is 0. The van der Waals surface area contributed by atoms with Crippen LogP contribution in [0.2, 0.25) is 18.1 Å². The van der Waals surface area contributed by atoms with Gasteiger partial charge in [0.05, 0.1) is 19.3 Å². The van der Waals surface area contributed by atoms with Crippen LogP contribution in [0, 0.1) is 0 Å². The smallest absolute Gasteiger partial charge is 0.193 e. The molecule has 1 aromatic rings. The maximum atomic E-state index is 10.3. The Morgan fingerprint density at radius 1 is 0.800 bits per heavy atom. The SMILES string of the molecule is C=C[C@@H](O[Si](C)(C)C(C)(C)C)[C@H](OCc1ccccc1)[C@H](CO)OCCCCCCCCCCCCCCCC. The number of unbranched alkanes of at least 4 members (excludes halogenated alkanes) is 13. The first-order chi connectivity index (χ1) is 19.2. The highest BCUT2D eigenvalue weighted by molar-refractivity contribution is 6.74. The predicted molar refractivity (Wildman–Crippen MR) is 174 cm³/mol. The zero-order valence-corrected chi connectivity index (χ0v) is 28.1. The Kier molecular flexibility index (Phi) is 20.1. The summed E-state index contributed by atoms with van der Waals surface area (Å²) in [6.45, 7) is 18.5. The fourth-order valence-corrected chi connectivity index (χ4v) is 5.99. The zero-order valence-electron chi connectivity index (χ0n) is 27.1. The minimum absolute atomic E-state index is 0.0576. The minimum atomic E-state index is -2.08. The van der Waals surface area contributed by atoms with Crippen LogP contribution in [0.4, 0.5) is 0 Å². The Morgan fingerprint density at radius 2 is 1.30 bits per heavy atom. The van der Waals surface area contributed by atoms with Gasteiger partial charge in [-0.15, -0.1) is 6.58 Å². The van der Waals surface area contributed by atoms with E-state index in [9.17, 15) is 5.11 Å². The quantitative estimate of drug-likeness (QED) is 0.0715. The molecule has 0 heterocycles. The number of rotatable bonds is 25. The number of benzene rings is 1. The molecule has 232 valence electrons. The van der Waals surface area contributed by atoms with Gasteiger partial charge in [-0.25, -0.2) is 0 Å². The molecule has 0 aliphatic carbocycles. The van der Waals surface area contributed by atoms with E-state index >= 15 is 0 Å². The second kappa shape index (κ2) is 21.7. The lowest BCUT2D eigenvalue weighted by Crippen LogP contribution is -2.51. The van der Waals surface area contributed by atoms with Crippen LogP contribution in [0.3, 0.4) is 0 Å². The van der Waals surface area contributed by atoms with Crippen LogP contribution in [0.15, 0.2) is 43.0 Å². The van der Waals surface area contributed by atoms with Gasteiger partial charge in [0.25, 0.3) is 0 Å². The highest BCUT2D eigenvalue weighted by Gasteiger charge is 2.42. The number of hydrogen-bond donors (Lipinski definition) is 1. The first kappa shape index (κ1) is 37.0. The van der Waals surface area contributed by atoms with E-state index in [1.807, 2.05) is 24.3 Å². The molecule has 1 N–H and O–H groups in total. The van der Waals surface area contributed by atoms with Crippen LogP contribution in [-0.4, -0.2) is 44.9 Å². The van der Waals surface area contributed by atoms with Crippen molar-refractivity contribution in [3.8, 4) is 0 Å². The van der Waals surface area contributed by atoms with Gasteiger partial charge in [0.2, 0.25) is 0 Å². The summed E-state index contributed by atoms with van der Waals surface area (Å²) in [5, 5.41) is 10.4. The van der Waals surface area contributed by atoms with E-state index in [4.69, 9.17) is 13.9 Å². The molecular weight excluding hydrogens is 512 g/mol. The van der Waals surface area contributed by atoms with Gasteiger partial charge in [-0.1, -0.05) is 148 Å². The third-order valence-corrected chi connectivity index (χ3v) is 12.9. The molecule has 0 fully saturated rings. The Hall–Kier alpha value is -0.983. The standard InChI is InChI=1S/C35H64O4Si/c1-8-10-11-12-13-14-15-16-17-18-19-20-21-25-28-37-33(29-36)34(38-30-31-26-23-22-24-27-31)32(9-2)39-40(6,7)35(3,4)5/h9,22-24,26-27,32-34,36H,2,8,10-21,25,28-30H2,1,3-7H3/t32-,33+,34+/m1/s1. The summed E-state index contributed by atoms with van der Waals surface area (Å²) in [7, 11) is -2.08. The van der Waals surface area contributed by atoms with Gasteiger partial charge in [0.15, 0.2) is 8.32 Å². The van der Waals surface area contributed by atoms with Gasteiger partial charge in [-0.05, 0) is 30.1 Å². The maximum Gasteiger partial charge on any atom is 0.193 e. The number of aliphatic hydroxyl groups is 1. The van der Waals surface area contributed by atoms with E-state index in [1.165, 1.54) is 77.0 Å². The summed E-state index contributed by atoms with van der Waals surface area (Å²) in [6, 6.07) is 10.1. The second-order valence-corrected chi connectivity index (χ2v) is 17.8. The summed E-state index contributed by atoms with van der Waals surface area (Å²) < 4.78 is 19.4. The lowest BCUT2D eigenvalue weighted by Gasteiger charge is -2.41. The van der Waals surface area contributed by atoms with Gasteiger partial charge in [-0.3, -0.25) is 0 Å². The first-order valence-electron chi connectivity index (χ1n) is 16.3. The largest absolute Gasteiger partial charge is 0.408 e. The molecule has 0 aliphatic rings. The number of ether oxygens (including phenoxy) is 2. The molecule has 0 amide bonds. The number of aliphatic hydroxyl groups excluding tert-OH is 1. The lowest BCUT2D eigenvalue weighted by atomic mass is 10.0. The molecule has 3 atom stereocenters. The fourth-order valence-electron chi connectivity index (χ4n) is 4.73. The van der Waals surface area contributed by atoms with Crippen molar-refractivity contribution in [2.24, 2.45) is 0 Å². The average Bonchev–Trinajstić information content (AvgIpc) is 2.93. The van der Waals surface area contributed by atoms with E-state index in [1.54, 1.807) is 0 Å². The molecule has 1 rings (SSSR count). The predicted octanol–water partition coefficient (Wildman–Crippen LogP) is 10.0. The highest BCUT2D eigenvalue weighted by atomic mass is 28.4. The van der Waals surface area contributed by atoms with E-state index in [0.29, 0.717) is 13.2 Å². The maximum absolute atomic E-state index is 10.3. The van der Waals surface area contributed by atoms with Crippen LogP contribution in [-0.2, 0) is 20.5 Å². The normalized spacial score (nSPS) is 14.7. The monoisotopic (exact) mass is 576 g/mol. The Morgan fingerprint density at radius 3 is 1.75 bits per heavy atom. The fraction of sp³-hybridized carbons (Fsp3) is 0.771. The molecule has 1 aromatic carbocycles. The van der Waals surface area contributed by atoms with Gasteiger partial charge < -0.3 is 19.0 Å². The number of hydrogen-bond acceptors (Lipinski definition) is 4. The minimum Gasteiger partial charge on any atom is -0.408 e. The summed E-state index contributed by atoms with van der Waals surface area (Å²) in [5.74, 6) is 0. The van der Waals surface area contributed by atoms with Crippen molar-refractivity contribution < 1.29 is 19.0 Å². The Balaban J connectivity index is 2.47. The van der Waals surface area contributed by atoms with Gasteiger partial charge in [0, 0.05) is 6.61 Å². The first-order valence-corrected chi connectivity index (χ1v) is 19.3. The molecule has 0 unspecified atom stereocenters. The van der Waals surface area contributed by atoms with Gasteiger partial charge >= 0.3 is 0 Å². The van der Waals surface area contributed by atoms with Crippen molar-refractivity contribution in [1.29, 1.82) is 0 Å². The van der Waals surface area contributed by atoms with Crippen LogP contribution in [0.25, 0.3) is 0 Å². The van der Waals surface area contributed by atoms with Crippen molar-refractivity contribution in [3.63, 3.8) is 0 Å². The summed E-state index contributed by atoms with van der Waals surface area (Å²) in [5.41, 5.74) is 1.09. The van der Waals surface area contributed by atoms with Crippen LogP contribution >= 0.6 is 0 Å². The molecule has 0 spiro atoms. The molecular formula is C35H64O4Si. The molecule has 0 saturated carbocycles. The van der Waals surface area contributed by atoms with E-state index in [2.05, 4.69) is 59.5 Å². The van der Waals surface area contributed by atoms with Crippen molar-refractivity contribution >= 4 is 8.32 Å². The molecule has 4 nitrogen and oxygen atoms in total. The van der Waals surface area contributed by atoms with Crippen molar-refractivity contribution in [2.45, 2.75) is 161 Å².